The molecule has 0 bridgehead atoms. The van der Waals surface area contributed by atoms with Gasteiger partial charge in [0.15, 0.2) is 0 Å². The van der Waals surface area contributed by atoms with Crippen LogP contribution in [0.5, 0.6) is 0 Å². The van der Waals surface area contributed by atoms with Crippen LogP contribution >= 0.6 is 0 Å². The van der Waals surface area contributed by atoms with Crippen molar-refractivity contribution in [2.45, 2.75) is 12.5 Å². The van der Waals surface area contributed by atoms with Crippen molar-refractivity contribution >= 4 is 33.6 Å². The number of nitrogens with zero attached hydrogens (tertiary/aromatic N) is 1. The van der Waals surface area contributed by atoms with Crippen molar-refractivity contribution in [1.82, 2.24) is 20.3 Å². The molecule has 4 aromatic rings. The maximum atomic E-state index is 12.6. The molecule has 0 aliphatic heterocycles. The molecular weight excluding hydrogens is 424 g/mol. The molecule has 33 heavy (non-hydrogen) atoms. The normalized spacial score (nSPS) is 12.1. The van der Waals surface area contributed by atoms with E-state index in [2.05, 4.69) is 15.3 Å². The van der Waals surface area contributed by atoms with Gasteiger partial charge in [-0.1, -0.05) is 18.2 Å². The highest BCUT2D eigenvalue weighted by Gasteiger charge is 2.17. The monoisotopic (exact) mass is 448 g/mol. The van der Waals surface area contributed by atoms with E-state index < -0.39 is 12.0 Å². The minimum atomic E-state index is -1.04. The van der Waals surface area contributed by atoms with E-state index in [1.54, 1.807) is 18.2 Å². The van der Waals surface area contributed by atoms with Crippen molar-refractivity contribution in [3.8, 4) is 11.3 Å². The summed E-state index contributed by atoms with van der Waals surface area (Å²) in [6, 6.07) is 16.3. The van der Waals surface area contributed by atoms with E-state index in [1.165, 1.54) is 14.2 Å². The van der Waals surface area contributed by atoms with Crippen molar-refractivity contribution in [2.24, 2.45) is 0 Å². The summed E-state index contributed by atoms with van der Waals surface area (Å²) in [5.74, 6) is -0.779. The van der Waals surface area contributed by atoms with Gasteiger partial charge in [0.25, 0.3) is 11.5 Å². The van der Waals surface area contributed by atoms with Gasteiger partial charge in [-0.25, -0.2) is 5.06 Å². The van der Waals surface area contributed by atoms with Crippen LogP contribution in [0.25, 0.3) is 33.1 Å². The van der Waals surface area contributed by atoms with Gasteiger partial charge in [-0.3, -0.25) is 19.2 Å². The highest BCUT2D eigenvalue weighted by Crippen LogP contribution is 2.24. The van der Waals surface area contributed by atoms with Crippen LogP contribution in [0.3, 0.4) is 0 Å². The highest BCUT2D eigenvalue weighted by molar-refractivity contribution is 5.99. The predicted octanol–water partition coefficient (Wildman–Crippen LogP) is 2.18. The molecule has 0 saturated heterocycles. The third-order valence-electron chi connectivity index (χ3n) is 5.46. The Balaban J connectivity index is 1.50. The lowest BCUT2D eigenvalue weighted by molar-refractivity contribution is -0.170. The fraction of sp³-hybridized carbons (Fsp3) is 0.208. The quantitative estimate of drug-likeness (QED) is 0.322. The summed E-state index contributed by atoms with van der Waals surface area (Å²) in [5.41, 5.74) is 2.88. The van der Waals surface area contributed by atoms with Gasteiger partial charge in [0.2, 0.25) is 5.91 Å². The maximum absolute atomic E-state index is 12.6. The second-order valence-corrected chi connectivity index (χ2v) is 7.73. The smallest absolute Gasteiger partial charge is 0.257 e. The Hall–Kier alpha value is -3.95. The number of H-pyrrole nitrogens is 2. The molecule has 1 unspecified atom stereocenters. The van der Waals surface area contributed by atoms with E-state index in [9.17, 15) is 19.5 Å². The van der Waals surface area contributed by atoms with Crippen molar-refractivity contribution < 1.29 is 19.5 Å². The van der Waals surface area contributed by atoms with Gasteiger partial charge in [-0.15, -0.1) is 0 Å². The van der Waals surface area contributed by atoms with Crippen LogP contribution in [-0.2, 0) is 9.63 Å². The first-order valence-corrected chi connectivity index (χ1v) is 10.4. The van der Waals surface area contributed by atoms with Gasteiger partial charge in [0.1, 0.15) is 0 Å². The average molecular weight is 448 g/mol. The Labute approximate surface area is 188 Å². The number of hydroxylamine groups is 2. The van der Waals surface area contributed by atoms with Crippen LogP contribution in [0.15, 0.2) is 59.4 Å². The van der Waals surface area contributed by atoms with Crippen LogP contribution in [0, 0.1) is 0 Å². The molecule has 2 aromatic heterocycles. The zero-order valence-electron chi connectivity index (χ0n) is 18.2. The molecule has 9 nitrogen and oxygen atoms in total. The van der Waals surface area contributed by atoms with Crippen LogP contribution in [-0.4, -0.2) is 58.8 Å². The number of para-hydroxylation sites is 1. The molecule has 0 saturated carbocycles. The van der Waals surface area contributed by atoms with Crippen LogP contribution in [0.4, 0.5) is 0 Å². The Morgan fingerprint density at radius 2 is 1.82 bits per heavy atom. The number of pyridine rings is 1. The van der Waals surface area contributed by atoms with Gasteiger partial charge >= 0.3 is 0 Å². The number of aliphatic hydroxyl groups is 1. The summed E-state index contributed by atoms with van der Waals surface area (Å²) in [5, 5.41) is 15.3. The van der Waals surface area contributed by atoms with E-state index in [0.717, 1.165) is 26.9 Å². The number of carbonyl (C=O) groups excluding carboxylic acids is 2. The second-order valence-electron chi connectivity index (χ2n) is 7.73. The number of fused-ring (bicyclic) bond motifs is 2. The van der Waals surface area contributed by atoms with E-state index in [-0.39, 0.29) is 24.4 Å². The molecule has 170 valence electrons. The molecule has 0 radical (unpaired) electrons. The molecule has 0 fully saturated rings. The molecule has 2 heterocycles. The molecular formula is C24H24N4O5. The standard InChI is InChI=1S/C24H24N4O5/c1-28(33-2)22(30)12-17(29)13-25-23(31)15-7-8-20-16(9-15)11-21(26-20)18-10-14-5-3-4-6-19(14)27-24(18)32/h3-11,17,26,29H,12-13H2,1-2H3,(H,25,31)(H,27,32). The van der Waals surface area contributed by atoms with Crippen LogP contribution < -0.4 is 10.9 Å². The fourth-order valence-corrected chi connectivity index (χ4v) is 3.58. The summed E-state index contributed by atoms with van der Waals surface area (Å²) in [6.45, 7) is -0.0784. The molecule has 1 atom stereocenters. The van der Waals surface area contributed by atoms with E-state index in [0.29, 0.717) is 16.8 Å². The molecule has 0 aliphatic carbocycles. The molecule has 4 rings (SSSR count). The van der Waals surface area contributed by atoms with Gasteiger partial charge in [0.05, 0.1) is 30.9 Å². The van der Waals surface area contributed by atoms with Crippen LogP contribution in [0.2, 0.25) is 0 Å². The lowest BCUT2D eigenvalue weighted by Crippen LogP contribution is -2.36. The summed E-state index contributed by atoms with van der Waals surface area (Å²) in [4.78, 5) is 47.8. The lowest BCUT2D eigenvalue weighted by Gasteiger charge is -2.16. The number of aliphatic hydroxyl groups excluding tert-OH is 1. The summed E-state index contributed by atoms with van der Waals surface area (Å²) < 4.78 is 0. The largest absolute Gasteiger partial charge is 0.391 e. The Morgan fingerprint density at radius 1 is 1.06 bits per heavy atom. The number of nitrogens with one attached hydrogen (secondary N) is 3. The molecule has 0 aliphatic rings. The Kier molecular flexibility index (Phi) is 6.25. The Morgan fingerprint density at radius 3 is 2.61 bits per heavy atom. The number of hydrogen-bond donors (Lipinski definition) is 4. The first-order chi connectivity index (χ1) is 15.9. The summed E-state index contributed by atoms with van der Waals surface area (Å²) in [6.07, 6.45) is -1.22. The zero-order valence-corrected chi connectivity index (χ0v) is 18.2. The molecule has 9 heteroatoms. The first-order valence-electron chi connectivity index (χ1n) is 10.4. The molecule has 4 N–H and O–H groups in total. The molecule has 2 aromatic carbocycles. The lowest BCUT2D eigenvalue weighted by atomic mass is 10.1. The maximum Gasteiger partial charge on any atom is 0.257 e. The number of carbonyl (C=O) groups is 2. The topological polar surface area (TPSA) is 128 Å². The average Bonchev–Trinajstić information content (AvgIpc) is 3.24. The third-order valence-corrected chi connectivity index (χ3v) is 5.46. The number of aromatic amines is 2. The Bertz CT molecular complexity index is 1390. The number of hydrogen-bond acceptors (Lipinski definition) is 5. The third kappa shape index (κ3) is 4.79. The first kappa shape index (κ1) is 22.3. The minimum Gasteiger partial charge on any atom is -0.391 e. The van der Waals surface area contributed by atoms with Gasteiger partial charge in [-0.2, -0.15) is 0 Å². The SMILES string of the molecule is CON(C)C(=O)CC(O)CNC(=O)c1ccc2[nH]c(-c3cc4ccccc4[nH]c3=O)cc2c1. The van der Waals surface area contributed by atoms with Crippen LogP contribution in [0.1, 0.15) is 16.8 Å². The van der Waals surface area contributed by atoms with E-state index in [1.807, 2.05) is 36.4 Å². The van der Waals surface area contributed by atoms with Gasteiger partial charge in [0, 0.05) is 35.6 Å². The van der Waals surface area contributed by atoms with Crippen molar-refractivity contribution in [2.75, 3.05) is 20.7 Å². The van der Waals surface area contributed by atoms with E-state index in [4.69, 9.17) is 4.84 Å². The number of rotatable bonds is 7. The zero-order chi connectivity index (χ0) is 23.5. The number of benzene rings is 2. The van der Waals surface area contributed by atoms with Crippen molar-refractivity contribution in [3.63, 3.8) is 0 Å². The molecule has 2 amide bonds. The predicted molar refractivity (Wildman–Crippen MR) is 125 cm³/mol. The number of aromatic nitrogens is 2. The second kappa shape index (κ2) is 9.27. The van der Waals surface area contributed by atoms with E-state index >= 15 is 0 Å². The van der Waals surface area contributed by atoms with Gasteiger partial charge in [-0.05, 0) is 41.8 Å². The minimum absolute atomic E-state index is 0.0784. The fourth-order valence-electron chi connectivity index (χ4n) is 3.58. The molecule has 0 spiro atoms. The summed E-state index contributed by atoms with van der Waals surface area (Å²) in [7, 11) is 2.80. The summed E-state index contributed by atoms with van der Waals surface area (Å²) >= 11 is 0. The van der Waals surface area contributed by atoms with Crippen molar-refractivity contribution in [1.29, 1.82) is 0 Å². The van der Waals surface area contributed by atoms with Gasteiger partial charge < -0.3 is 20.4 Å². The number of amides is 2. The van der Waals surface area contributed by atoms with Crippen molar-refractivity contribution in [3.05, 3.63) is 70.5 Å². The highest BCUT2D eigenvalue weighted by atomic mass is 16.7.